The van der Waals surface area contributed by atoms with Crippen LogP contribution >= 0.6 is 11.6 Å². The van der Waals surface area contributed by atoms with E-state index in [2.05, 4.69) is 10.3 Å². The molecule has 2 aromatic carbocycles. The smallest absolute Gasteiger partial charge is 0.243 e. The molecule has 0 bridgehead atoms. The van der Waals surface area contributed by atoms with Crippen molar-refractivity contribution < 1.29 is 13.2 Å². The fourth-order valence-corrected chi connectivity index (χ4v) is 4.41. The van der Waals surface area contributed by atoms with Gasteiger partial charge >= 0.3 is 0 Å². The molecule has 1 fully saturated rings. The van der Waals surface area contributed by atoms with Gasteiger partial charge in [-0.3, -0.25) is 0 Å². The first-order valence-corrected chi connectivity index (χ1v) is 10.2. The SMILES string of the molecule is O=S(=O)(c1ccc(Cl)cc1)N1CC(n2cc(COc3ccccc3)nn2)C1. The van der Waals surface area contributed by atoms with E-state index in [1.807, 2.05) is 30.3 Å². The number of hydrogen-bond acceptors (Lipinski definition) is 5. The van der Waals surface area contributed by atoms with Crippen LogP contribution in [0.4, 0.5) is 0 Å². The first kappa shape index (κ1) is 18.0. The second kappa shape index (κ2) is 7.30. The summed E-state index contributed by atoms with van der Waals surface area (Å²) in [6.45, 7) is 1.02. The molecule has 0 radical (unpaired) electrons. The Labute approximate surface area is 162 Å². The molecule has 1 aliphatic rings. The van der Waals surface area contributed by atoms with Crippen LogP contribution in [0.2, 0.25) is 5.02 Å². The third-order valence-corrected chi connectivity index (χ3v) is 6.44. The van der Waals surface area contributed by atoms with E-state index in [1.54, 1.807) is 23.0 Å². The number of benzene rings is 2. The predicted octanol–water partition coefficient (Wildman–Crippen LogP) is 2.76. The van der Waals surface area contributed by atoms with Crippen molar-refractivity contribution >= 4 is 21.6 Å². The number of hydrogen-bond donors (Lipinski definition) is 0. The molecule has 0 spiro atoms. The van der Waals surface area contributed by atoms with Crippen LogP contribution in [0, 0.1) is 0 Å². The molecule has 0 unspecified atom stereocenters. The fraction of sp³-hybridized carbons (Fsp3) is 0.222. The molecule has 0 N–H and O–H groups in total. The highest BCUT2D eigenvalue weighted by atomic mass is 35.5. The number of halogens is 1. The van der Waals surface area contributed by atoms with Crippen molar-refractivity contribution in [3.05, 3.63) is 71.5 Å². The lowest BCUT2D eigenvalue weighted by atomic mass is 10.2. The van der Waals surface area contributed by atoms with E-state index >= 15 is 0 Å². The van der Waals surface area contributed by atoms with Gasteiger partial charge in [-0.05, 0) is 36.4 Å². The average molecular weight is 405 g/mol. The number of para-hydroxylation sites is 1. The lowest BCUT2D eigenvalue weighted by molar-refractivity contribution is 0.189. The summed E-state index contributed by atoms with van der Waals surface area (Å²) in [5, 5.41) is 8.70. The Hall–Kier alpha value is -2.42. The summed E-state index contributed by atoms with van der Waals surface area (Å²) in [5.41, 5.74) is 0.692. The zero-order valence-electron chi connectivity index (χ0n) is 14.3. The summed E-state index contributed by atoms with van der Waals surface area (Å²) >= 11 is 5.82. The van der Waals surface area contributed by atoms with Gasteiger partial charge in [-0.15, -0.1) is 5.10 Å². The Kier molecular flexibility index (Phi) is 4.86. The molecule has 2 heterocycles. The number of rotatable bonds is 6. The maximum Gasteiger partial charge on any atom is 0.243 e. The Balaban J connectivity index is 1.36. The van der Waals surface area contributed by atoms with E-state index in [9.17, 15) is 8.42 Å². The van der Waals surface area contributed by atoms with Gasteiger partial charge in [0.15, 0.2) is 0 Å². The molecule has 1 aliphatic heterocycles. The van der Waals surface area contributed by atoms with Crippen molar-refractivity contribution in [2.75, 3.05) is 13.1 Å². The first-order valence-electron chi connectivity index (χ1n) is 8.37. The van der Waals surface area contributed by atoms with E-state index in [1.165, 1.54) is 16.4 Å². The van der Waals surface area contributed by atoms with Gasteiger partial charge in [0, 0.05) is 18.1 Å². The summed E-state index contributed by atoms with van der Waals surface area (Å²) in [4.78, 5) is 0.237. The highest BCUT2D eigenvalue weighted by Gasteiger charge is 2.38. The standard InChI is InChI=1S/C18H17ClN4O3S/c19-14-6-8-18(9-7-14)27(24,25)22-11-16(12-22)23-10-15(20-21-23)13-26-17-4-2-1-3-5-17/h1-10,16H,11-13H2. The second-order valence-corrected chi connectivity index (χ2v) is 8.60. The molecule has 4 rings (SSSR count). The molecule has 1 aromatic heterocycles. The van der Waals surface area contributed by atoms with Crippen LogP contribution in [-0.4, -0.2) is 40.8 Å². The van der Waals surface area contributed by atoms with Crippen molar-refractivity contribution in [1.29, 1.82) is 0 Å². The summed E-state index contributed by atoms with van der Waals surface area (Å²) in [6, 6.07) is 15.6. The fourth-order valence-electron chi connectivity index (χ4n) is 2.77. The molecule has 7 nitrogen and oxygen atoms in total. The van der Waals surface area contributed by atoms with Crippen molar-refractivity contribution in [2.45, 2.75) is 17.5 Å². The molecule has 0 atom stereocenters. The molecule has 9 heteroatoms. The highest BCUT2D eigenvalue weighted by molar-refractivity contribution is 7.89. The molecule has 0 aliphatic carbocycles. The molecule has 3 aromatic rings. The molecule has 27 heavy (non-hydrogen) atoms. The number of nitrogens with zero attached hydrogens (tertiary/aromatic N) is 4. The van der Waals surface area contributed by atoms with Crippen molar-refractivity contribution in [2.24, 2.45) is 0 Å². The van der Waals surface area contributed by atoms with Gasteiger partial charge in [-0.2, -0.15) is 4.31 Å². The van der Waals surface area contributed by atoms with Crippen LogP contribution < -0.4 is 4.74 Å². The summed E-state index contributed by atoms with van der Waals surface area (Å²) in [6.07, 6.45) is 1.79. The largest absolute Gasteiger partial charge is 0.487 e. The number of sulfonamides is 1. The lowest BCUT2D eigenvalue weighted by Gasteiger charge is -2.37. The quantitative estimate of drug-likeness (QED) is 0.631. The predicted molar refractivity (Wildman–Crippen MR) is 100 cm³/mol. The van der Waals surface area contributed by atoms with E-state index in [4.69, 9.17) is 16.3 Å². The summed E-state index contributed by atoms with van der Waals surface area (Å²) in [7, 11) is -3.51. The van der Waals surface area contributed by atoms with Gasteiger partial charge in [0.25, 0.3) is 0 Å². The maximum absolute atomic E-state index is 12.6. The molecule has 140 valence electrons. The van der Waals surface area contributed by atoms with E-state index < -0.39 is 10.0 Å². The van der Waals surface area contributed by atoms with Crippen LogP contribution in [0.5, 0.6) is 5.75 Å². The topological polar surface area (TPSA) is 77.3 Å². The highest BCUT2D eigenvalue weighted by Crippen LogP contribution is 2.28. The molecular formula is C18H17ClN4O3S. The molecule has 0 amide bonds. The van der Waals surface area contributed by atoms with Gasteiger partial charge in [0.2, 0.25) is 10.0 Å². The zero-order chi connectivity index (χ0) is 18.9. The average Bonchev–Trinajstić information content (AvgIpc) is 3.08. The van der Waals surface area contributed by atoms with Crippen LogP contribution in [0.15, 0.2) is 65.7 Å². The normalized spacial score (nSPS) is 15.4. The Morgan fingerprint density at radius 3 is 2.48 bits per heavy atom. The van der Waals surface area contributed by atoms with E-state index in [-0.39, 0.29) is 10.9 Å². The van der Waals surface area contributed by atoms with Gasteiger partial charge in [0.05, 0.1) is 17.1 Å². The Morgan fingerprint density at radius 1 is 1.07 bits per heavy atom. The van der Waals surface area contributed by atoms with Gasteiger partial charge in [-0.25, -0.2) is 13.1 Å². The third kappa shape index (κ3) is 3.83. The zero-order valence-corrected chi connectivity index (χ0v) is 15.8. The minimum absolute atomic E-state index is 0.0370. The Morgan fingerprint density at radius 2 is 1.78 bits per heavy atom. The molecule has 1 saturated heterocycles. The van der Waals surface area contributed by atoms with Crippen molar-refractivity contribution in [1.82, 2.24) is 19.3 Å². The van der Waals surface area contributed by atoms with Crippen LogP contribution in [-0.2, 0) is 16.6 Å². The van der Waals surface area contributed by atoms with E-state index in [0.29, 0.717) is 30.4 Å². The monoisotopic (exact) mass is 404 g/mol. The van der Waals surface area contributed by atoms with E-state index in [0.717, 1.165) is 5.75 Å². The minimum Gasteiger partial charge on any atom is -0.487 e. The lowest BCUT2D eigenvalue weighted by Crippen LogP contribution is -2.50. The molecule has 0 saturated carbocycles. The number of ether oxygens (including phenoxy) is 1. The first-order chi connectivity index (χ1) is 13.0. The third-order valence-electron chi connectivity index (χ3n) is 4.34. The second-order valence-electron chi connectivity index (χ2n) is 6.22. The number of aromatic nitrogens is 3. The van der Waals surface area contributed by atoms with Crippen LogP contribution in [0.25, 0.3) is 0 Å². The van der Waals surface area contributed by atoms with Crippen LogP contribution in [0.3, 0.4) is 0 Å². The maximum atomic E-state index is 12.6. The van der Waals surface area contributed by atoms with Crippen LogP contribution in [0.1, 0.15) is 11.7 Å². The van der Waals surface area contributed by atoms with Gasteiger partial charge in [0.1, 0.15) is 18.1 Å². The van der Waals surface area contributed by atoms with Gasteiger partial charge in [-0.1, -0.05) is 35.0 Å². The Bertz CT molecular complexity index is 1020. The molecular weight excluding hydrogens is 388 g/mol. The van der Waals surface area contributed by atoms with Gasteiger partial charge < -0.3 is 4.74 Å². The van der Waals surface area contributed by atoms with Crippen molar-refractivity contribution in [3.8, 4) is 5.75 Å². The summed E-state index contributed by atoms with van der Waals surface area (Å²) in [5.74, 6) is 0.760. The minimum atomic E-state index is -3.51. The van der Waals surface area contributed by atoms with Crippen molar-refractivity contribution in [3.63, 3.8) is 0 Å². The summed E-state index contributed by atoms with van der Waals surface area (Å²) < 4.78 is 33.9.